The summed E-state index contributed by atoms with van der Waals surface area (Å²) in [5, 5.41) is 11.3. The van der Waals surface area contributed by atoms with Crippen LogP contribution in [0.25, 0.3) is 0 Å². The maximum Gasteiger partial charge on any atom is 0.129 e. The van der Waals surface area contributed by atoms with Crippen LogP contribution in [-0.2, 0) is 0 Å². The van der Waals surface area contributed by atoms with E-state index in [1.807, 2.05) is 0 Å². The van der Waals surface area contributed by atoms with E-state index in [4.69, 9.17) is 34.8 Å². The van der Waals surface area contributed by atoms with Gasteiger partial charge < -0.3 is 5.11 Å². The van der Waals surface area contributed by atoms with Gasteiger partial charge in [-0.1, -0.05) is 53.0 Å². The molecule has 1 aromatic carbocycles. The van der Waals surface area contributed by atoms with Crippen molar-refractivity contribution in [2.24, 2.45) is 0 Å². The normalized spacial score (nSPS) is 12.5. The lowest BCUT2D eigenvalue weighted by atomic mass is 10.0. The van der Waals surface area contributed by atoms with Crippen LogP contribution in [0.2, 0.25) is 15.2 Å². The van der Waals surface area contributed by atoms with Gasteiger partial charge in [0.05, 0.1) is 10.0 Å². The first-order chi connectivity index (χ1) is 8.09. The monoisotopic (exact) mass is 287 g/mol. The molecule has 2 rings (SSSR count). The van der Waals surface area contributed by atoms with Crippen molar-refractivity contribution in [2.75, 3.05) is 0 Å². The Kier molecular flexibility index (Phi) is 3.89. The molecule has 1 atom stereocenters. The van der Waals surface area contributed by atoms with E-state index >= 15 is 0 Å². The highest BCUT2D eigenvalue weighted by molar-refractivity contribution is 6.42. The highest BCUT2D eigenvalue weighted by atomic mass is 35.5. The number of aliphatic hydroxyl groups is 1. The first kappa shape index (κ1) is 12.7. The molecule has 5 heteroatoms. The molecule has 17 heavy (non-hydrogen) atoms. The predicted octanol–water partition coefficient (Wildman–Crippen LogP) is 4.12. The molecule has 0 saturated heterocycles. The molecular weight excluding hydrogens is 280 g/mol. The van der Waals surface area contributed by atoms with Gasteiger partial charge in [-0.25, -0.2) is 4.98 Å². The van der Waals surface area contributed by atoms with Crippen molar-refractivity contribution in [1.82, 2.24) is 4.98 Å². The van der Waals surface area contributed by atoms with Gasteiger partial charge in [-0.15, -0.1) is 0 Å². The van der Waals surface area contributed by atoms with E-state index in [1.165, 1.54) is 6.20 Å². The molecule has 0 bridgehead atoms. The number of rotatable bonds is 2. The summed E-state index contributed by atoms with van der Waals surface area (Å²) in [5.41, 5.74) is 1.15. The lowest BCUT2D eigenvalue weighted by Crippen LogP contribution is -2.01. The smallest absolute Gasteiger partial charge is 0.129 e. The first-order valence-corrected chi connectivity index (χ1v) is 5.96. The number of pyridine rings is 1. The van der Waals surface area contributed by atoms with Crippen LogP contribution >= 0.6 is 34.8 Å². The summed E-state index contributed by atoms with van der Waals surface area (Å²) in [6.45, 7) is 0. The molecule has 88 valence electrons. The molecule has 0 amide bonds. The maximum atomic E-state index is 10.2. The van der Waals surface area contributed by atoms with Crippen molar-refractivity contribution in [1.29, 1.82) is 0 Å². The van der Waals surface area contributed by atoms with Crippen LogP contribution in [0, 0.1) is 0 Å². The summed E-state index contributed by atoms with van der Waals surface area (Å²) in [4.78, 5) is 3.91. The van der Waals surface area contributed by atoms with Crippen LogP contribution in [0.3, 0.4) is 0 Å². The molecule has 1 unspecified atom stereocenters. The summed E-state index contributed by atoms with van der Waals surface area (Å²) >= 11 is 17.6. The van der Waals surface area contributed by atoms with Gasteiger partial charge in [-0.2, -0.15) is 0 Å². The van der Waals surface area contributed by atoms with Gasteiger partial charge in [0.15, 0.2) is 0 Å². The van der Waals surface area contributed by atoms with Crippen LogP contribution in [0.1, 0.15) is 17.2 Å². The predicted molar refractivity (Wildman–Crippen MR) is 69.8 cm³/mol. The van der Waals surface area contributed by atoms with E-state index in [0.29, 0.717) is 26.3 Å². The second-order valence-electron chi connectivity index (χ2n) is 3.46. The molecule has 2 aromatic rings. The zero-order chi connectivity index (χ0) is 12.4. The zero-order valence-electron chi connectivity index (χ0n) is 8.57. The largest absolute Gasteiger partial charge is 0.384 e. The number of aromatic nitrogens is 1. The van der Waals surface area contributed by atoms with Crippen LogP contribution < -0.4 is 0 Å². The molecule has 2 nitrogen and oxygen atoms in total. The Bertz CT molecular complexity index is 528. The fraction of sp³-hybridized carbons (Fsp3) is 0.0833. The average Bonchev–Trinajstić information content (AvgIpc) is 2.33. The quantitative estimate of drug-likeness (QED) is 0.843. The van der Waals surface area contributed by atoms with Crippen molar-refractivity contribution < 1.29 is 5.11 Å². The summed E-state index contributed by atoms with van der Waals surface area (Å²) in [6, 6.07) is 8.42. The molecule has 0 aliphatic rings. The van der Waals surface area contributed by atoms with Gasteiger partial charge in [0.25, 0.3) is 0 Å². The molecule has 0 saturated carbocycles. The van der Waals surface area contributed by atoms with Crippen LogP contribution in [0.5, 0.6) is 0 Å². The van der Waals surface area contributed by atoms with Crippen molar-refractivity contribution in [3.8, 4) is 0 Å². The summed E-state index contributed by atoms with van der Waals surface area (Å²) in [6.07, 6.45) is 0.635. The van der Waals surface area contributed by atoms with Crippen molar-refractivity contribution in [3.05, 3.63) is 62.9 Å². The summed E-state index contributed by atoms with van der Waals surface area (Å²) in [7, 11) is 0. The Morgan fingerprint density at radius 1 is 1.06 bits per heavy atom. The maximum absolute atomic E-state index is 10.2. The second kappa shape index (κ2) is 5.23. The minimum absolute atomic E-state index is 0.344. The third-order valence-electron chi connectivity index (χ3n) is 2.34. The van der Waals surface area contributed by atoms with Crippen molar-refractivity contribution in [3.63, 3.8) is 0 Å². The highest BCUT2D eigenvalue weighted by Gasteiger charge is 2.15. The number of nitrogens with zero attached hydrogens (tertiary/aromatic N) is 1. The van der Waals surface area contributed by atoms with E-state index in [0.717, 1.165) is 0 Å². The second-order valence-corrected chi connectivity index (χ2v) is 4.63. The number of hydrogen-bond acceptors (Lipinski definition) is 2. The Balaban J connectivity index is 2.40. The lowest BCUT2D eigenvalue weighted by Gasteiger charge is -2.13. The van der Waals surface area contributed by atoms with Gasteiger partial charge in [-0.05, 0) is 12.1 Å². The third kappa shape index (κ3) is 2.72. The average molecular weight is 289 g/mol. The molecule has 1 N–H and O–H groups in total. The first-order valence-electron chi connectivity index (χ1n) is 4.83. The van der Waals surface area contributed by atoms with Crippen molar-refractivity contribution in [2.45, 2.75) is 6.10 Å². The van der Waals surface area contributed by atoms with Crippen LogP contribution in [0.4, 0.5) is 0 Å². The van der Waals surface area contributed by atoms with Crippen LogP contribution in [0.15, 0.2) is 36.5 Å². The van der Waals surface area contributed by atoms with E-state index in [9.17, 15) is 5.11 Å². The lowest BCUT2D eigenvalue weighted by molar-refractivity contribution is 0.220. The Morgan fingerprint density at radius 3 is 2.47 bits per heavy atom. The number of halogens is 3. The highest BCUT2D eigenvalue weighted by Crippen LogP contribution is 2.32. The SMILES string of the molecule is OC(c1ccc(Cl)nc1)c1cccc(Cl)c1Cl. The van der Waals surface area contributed by atoms with E-state index in [2.05, 4.69) is 4.98 Å². The molecule has 0 radical (unpaired) electrons. The molecule has 1 heterocycles. The van der Waals surface area contributed by atoms with Crippen molar-refractivity contribution >= 4 is 34.8 Å². The van der Waals surface area contributed by atoms with Gasteiger partial charge in [0, 0.05) is 17.3 Å². The summed E-state index contributed by atoms with van der Waals surface area (Å²) < 4.78 is 0. The Hall–Kier alpha value is -0.800. The van der Waals surface area contributed by atoms with E-state index in [1.54, 1.807) is 30.3 Å². The van der Waals surface area contributed by atoms with E-state index < -0.39 is 6.10 Å². The zero-order valence-corrected chi connectivity index (χ0v) is 10.8. The van der Waals surface area contributed by atoms with Gasteiger partial charge in [0.2, 0.25) is 0 Å². The standard InChI is InChI=1S/C12H8Cl3NO/c13-9-3-1-2-8(11(9)15)12(17)7-4-5-10(14)16-6-7/h1-6,12,17H. The molecule has 0 fully saturated rings. The molecule has 0 aliphatic heterocycles. The Labute approximate surface area is 114 Å². The van der Waals surface area contributed by atoms with E-state index in [-0.39, 0.29) is 0 Å². The minimum atomic E-state index is -0.869. The number of hydrogen-bond donors (Lipinski definition) is 1. The Morgan fingerprint density at radius 2 is 1.82 bits per heavy atom. The third-order valence-corrected chi connectivity index (χ3v) is 3.40. The fourth-order valence-corrected chi connectivity index (χ4v) is 1.98. The topological polar surface area (TPSA) is 33.1 Å². The molecule has 0 spiro atoms. The van der Waals surface area contributed by atoms with Crippen LogP contribution in [-0.4, -0.2) is 10.1 Å². The fourth-order valence-electron chi connectivity index (χ4n) is 1.46. The van der Waals surface area contributed by atoms with Gasteiger partial charge in [0.1, 0.15) is 11.3 Å². The number of benzene rings is 1. The van der Waals surface area contributed by atoms with Gasteiger partial charge >= 0.3 is 0 Å². The minimum Gasteiger partial charge on any atom is -0.384 e. The molecule has 0 aliphatic carbocycles. The van der Waals surface area contributed by atoms with Gasteiger partial charge in [-0.3, -0.25) is 0 Å². The molecular formula is C12H8Cl3NO. The molecule has 1 aromatic heterocycles. The summed E-state index contributed by atoms with van der Waals surface area (Å²) in [5.74, 6) is 0. The number of aliphatic hydroxyl groups excluding tert-OH is 1.